The van der Waals surface area contributed by atoms with Crippen molar-refractivity contribution in [2.24, 2.45) is 11.8 Å². The SMILES string of the molecule is [3H]OC(C=CC1C(CC=CCCCC(=O)OC)[C@@H](O)C[C@@H]1O[3H])CCC(CC)O[3H]. The van der Waals surface area contributed by atoms with Gasteiger partial charge in [0.25, 0.3) is 0 Å². The van der Waals surface area contributed by atoms with Crippen molar-refractivity contribution in [3.05, 3.63) is 24.3 Å². The fourth-order valence-corrected chi connectivity index (χ4v) is 3.42. The van der Waals surface area contributed by atoms with Crippen LogP contribution < -0.4 is 0 Å². The lowest BCUT2D eigenvalue weighted by Crippen LogP contribution is -2.20. The molecule has 4 unspecified atom stereocenters. The van der Waals surface area contributed by atoms with Crippen molar-refractivity contribution in [2.75, 3.05) is 7.11 Å². The molecule has 27 heavy (non-hydrogen) atoms. The number of hydrogen-bond acceptors (Lipinski definition) is 6. The minimum Gasteiger partial charge on any atom is -0.469 e. The Bertz CT molecular complexity index is 527. The molecule has 0 spiro atoms. The van der Waals surface area contributed by atoms with E-state index in [1.807, 2.05) is 25.2 Å². The lowest BCUT2D eigenvalue weighted by molar-refractivity contribution is -0.140. The lowest BCUT2D eigenvalue weighted by Gasteiger charge is -2.19. The molecule has 0 saturated heterocycles. The Labute approximate surface area is 167 Å². The quantitative estimate of drug-likeness (QED) is 0.194. The van der Waals surface area contributed by atoms with Crippen LogP contribution in [0.5, 0.6) is 0 Å². The summed E-state index contributed by atoms with van der Waals surface area (Å²) in [5.74, 6) is -0.481. The maximum absolute atomic E-state index is 11.1. The number of rotatable bonds is 15. The molecule has 0 bridgehead atoms. The molecule has 6 atom stereocenters. The molecule has 1 aliphatic carbocycles. The van der Waals surface area contributed by atoms with Crippen LogP contribution in [0.4, 0.5) is 0 Å². The van der Waals surface area contributed by atoms with Crippen LogP contribution in [0.3, 0.4) is 0 Å². The molecule has 0 amide bonds. The van der Waals surface area contributed by atoms with Gasteiger partial charge in [-0.25, -0.2) is 0 Å². The number of unbranched alkanes of at least 4 members (excludes halogenated alkanes) is 1. The van der Waals surface area contributed by atoms with Gasteiger partial charge in [0.2, 0.25) is 4.29 Å². The predicted molar refractivity (Wildman–Crippen MR) is 104 cm³/mol. The topological polar surface area (TPSA) is 107 Å². The van der Waals surface area contributed by atoms with Gasteiger partial charge in [0.05, 0.1) is 31.5 Å². The highest BCUT2D eigenvalue weighted by Crippen LogP contribution is 2.36. The van der Waals surface area contributed by atoms with E-state index >= 15 is 0 Å². The Balaban J connectivity index is 2.63. The summed E-state index contributed by atoms with van der Waals surface area (Å²) in [6, 6.07) is 0. The van der Waals surface area contributed by atoms with Gasteiger partial charge in [-0.3, -0.25) is 4.79 Å². The monoisotopic (exact) mass is 390 g/mol. The molecular weight excluding hydrogens is 348 g/mol. The van der Waals surface area contributed by atoms with Gasteiger partial charge in [-0.1, -0.05) is 31.2 Å². The van der Waals surface area contributed by atoms with Crippen LogP contribution in [0, 0.1) is 11.8 Å². The van der Waals surface area contributed by atoms with E-state index in [0.717, 1.165) is 12.8 Å². The summed E-state index contributed by atoms with van der Waals surface area (Å²) in [5, 5.41) is 24.7. The van der Waals surface area contributed by atoms with Crippen LogP contribution in [-0.2, 0) is 9.53 Å². The maximum atomic E-state index is 11.1. The fourth-order valence-electron chi connectivity index (χ4n) is 3.42. The lowest BCUT2D eigenvalue weighted by atomic mass is 9.89. The van der Waals surface area contributed by atoms with Crippen LogP contribution in [0.25, 0.3) is 0 Å². The largest absolute Gasteiger partial charge is 0.469 e. The molecule has 0 heterocycles. The average Bonchev–Trinajstić information content (AvgIpc) is 3.07. The third-order valence-electron chi connectivity index (χ3n) is 5.22. The van der Waals surface area contributed by atoms with Crippen molar-refractivity contribution in [2.45, 2.75) is 82.7 Å². The molecule has 1 rings (SSSR count). The van der Waals surface area contributed by atoms with Gasteiger partial charge < -0.3 is 25.2 Å². The van der Waals surface area contributed by atoms with E-state index in [9.17, 15) is 9.90 Å². The first-order chi connectivity index (χ1) is 14.5. The zero-order valence-electron chi connectivity index (χ0n) is 19.4. The van der Waals surface area contributed by atoms with Gasteiger partial charge >= 0.3 is 5.97 Å². The van der Waals surface area contributed by atoms with Gasteiger partial charge in [0.1, 0.15) is 0 Å². The number of aliphatic hydroxyl groups excluding tert-OH is 4. The van der Waals surface area contributed by atoms with Crippen LogP contribution in [0.2, 0.25) is 0 Å². The molecular formula is C21H36O6. The number of carbonyl (C=O) groups is 1. The minimum absolute atomic E-state index is 0.0974. The van der Waals surface area contributed by atoms with Gasteiger partial charge in [-0.15, -0.1) is 0 Å². The Morgan fingerprint density at radius 3 is 2.81 bits per heavy atom. The molecule has 1 aliphatic rings. The first-order valence-electron chi connectivity index (χ1n) is 11.2. The fraction of sp³-hybridized carbons (Fsp3) is 0.762. The summed E-state index contributed by atoms with van der Waals surface area (Å²) in [6.07, 6.45) is 10.7. The number of hydrogen-bond donors (Lipinski definition) is 4. The Hall–Kier alpha value is -1.21. The zero-order chi connectivity index (χ0) is 22.4. The molecule has 1 saturated carbocycles. The minimum atomic E-state index is -0.578. The third kappa shape index (κ3) is 9.02. The molecule has 6 nitrogen and oxygen atoms in total. The van der Waals surface area contributed by atoms with Gasteiger partial charge in [-0.05, 0) is 44.4 Å². The first kappa shape index (κ1) is 19.1. The van der Waals surface area contributed by atoms with Crippen molar-refractivity contribution in [3.63, 3.8) is 0 Å². The van der Waals surface area contributed by atoms with Crippen LogP contribution in [0.15, 0.2) is 24.3 Å². The van der Waals surface area contributed by atoms with Gasteiger partial charge in [0, 0.05) is 18.8 Å². The molecule has 1 fully saturated rings. The first-order valence-corrected chi connectivity index (χ1v) is 9.94. The van der Waals surface area contributed by atoms with Crippen molar-refractivity contribution >= 4 is 5.97 Å². The van der Waals surface area contributed by atoms with Crippen molar-refractivity contribution < 1.29 is 30.0 Å². The van der Waals surface area contributed by atoms with E-state index in [2.05, 4.69) is 9.85 Å². The highest BCUT2D eigenvalue weighted by Gasteiger charge is 2.39. The second kappa shape index (κ2) is 13.0. The third-order valence-corrected chi connectivity index (χ3v) is 5.22. The van der Waals surface area contributed by atoms with E-state index in [1.54, 1.807) is 6.08 Å². The van der Waals surface area contributed by atoms with E-state index < -0.39 is 18.3 Å². The van der Waals surface area contributed by atoms with Crippen molar-refractivity contribution in [3.8, 4) is 0 Å². The Morgan fingerprint density at radius 2 is 2.15 bits per heavy atom. The summed E-state index contributed by atoms with van der Waals surface area (Å²) in [6.45, 7) is 1.94. The molecule has 0 aromatic heterocycles. The predicted octanol–water partition coefficient (Wildman–Crippen LogP) is 2.10. The van der Waals surface area contributed by atoms with Crippen LogP contribution >= 0.6 is 0 Å². The van der Waals surface area contributed by atoms with Crippen LogP contribution in [0.1, 0.15) is 58.3 Å². The van der Waals surface area contributed by atoms with Gasteiger partial charge in [-0.2, -0.15) is 0 Å². The Kier molecular flexibility index (Phi) is 9.24. The van der Waals surface area contributed by atoms with Crippen molar-refractivity contribution in [1.29, 1.82) is 4.29 Å². The highest BCUT2D eigenvalue weighted by molar-refractivity contribution is 5.69. The number of carbonyl (C=O) groups excluding carboxylic acids is 1. The molecule has 156 valence electrons. The maximum Gasteiger partial charge on any atom is 0.305 e. The van der Waals surface area contributed by atoms with E-state index in [-0.39, 0.29) is 23.9 Å². The summed E-state index contributed by atoms with van der Waals surface area (Å²) in [7, 11) is 1.37. The molecule has 4 N–H and O–H groups in total. The molecule has 0 radical (unpaired) electrons. The standard InChI is InChI=1S/C21H36O6/c1-3-15(22)10-11-16(23)12-13-18-17(19(24)14-20(18)25)8-6-4-5-7-9-21(26)27-2/h4,6,12-13,15-20,22-25H,3,5,7-11,14H2,1-2H3/t15?,16?,17?,18?,19-,20-/m0/s1/i22T,23T,25T. The number of methoxy groups -OCH3 is 1. The number of esters is 1. The van der Waals surface area contributed by atoms with Crippen LogP contribution in [-0.4, -0.2) is 62.2 Å². The van der Waals surface area contributed by atoms with E-state index in [4.69, 9.17) is 14.5 Å². The van der Waals surface area contributed by atoms with Gasteiger partial charge in [0.15, 0.2) is 0 Å². The highest BCUT2D eigenvalue weighted by atomic mass is 16.5. The van der Waals surface area contributed by atoms with Crippen molar-refractivity contribution in [1.82, 2.24) is 0 Å². The summed E-state index contributed by atoms with van der Waals surface area (Å²) in [5.41, 5.74) is 0. The molecule has 0 aromatic carbocycles. The van der Waals surface area contributed by atoms with E-state index in [1.165, 1.54) is 7.11 Å². The molecule has 0 aliphatic heterocycles. The number of allylic oxidation sites excluding steroid dienone is 2. The summed E-state index contributed by atoms with van der Waals surface area (Å²) in [4.78, 5) is 11.1. The summed E-state index contributed by atoms with van der Waals surface area (Å²) < 4.78 is 26.3. The van der Waals surface area contributed by atoms with E-state index in [0.29, 0.717) is 38.5 Å². The summed E-state index contributed by atoms with van der Waals surface area (Å²) >= 11 is 0. The second-order valence-electron chi connectivity index (χ2n) is 7.29. The Morgan fingerprint density at radius 1 is 1.30 bits per heavy atom. The smallest absolute Gasteiger partial charge is 0.305 e. The zero-order valence-corrected chi connectivity index (χ0v) is 16.4. The molecule has 0 aromatic rings. The average molecular weight is 391 g/mol. The normalized spacial score (nSPS) is 29.5. The number of ether oxygens (including phenoxy) is 1. The number of aliphatic hydroxyl groups is 4. The second-order valence-corrected chi connectivity index (χ2v) is 7.29. The molecule has 6 heteroatoms.